The van der Waals surface area contributed by atoms with Gasteiger partial charge in [-0.05, 0) is 47.6 Å². The van der Waals surface area contributed by atoms with Crippen molar-refractivity contribution in [2.45, 2.75) is 30.8 Å². The van der Waals surface area contributed by atoms with E-state index in [-0.39, 0.29) is 0 Å². The number of benzene rings is 1. The van der Waals surface area contributed by atoms with Gasteiger partial charge >= 0.3 is 0 Å². The molecular formula is C18H20O. The van der Waals surface area contributed by atoms with Crippen LogP contribution in [0.4, 0.5) is 0 Å². The number of rotatable bonds is 1. The van der Waals surface area contributed by atoms with Crippen LogP contribution in [-0.4, -0.2) is 13.2 Å². The maximum atomic E-state index is 5.85. The minimum absolute atomic E-state index is 0.465. The third-order valence-electron chi connectivity index (χ3n) is 6.43. The summed E-state index contributed by atoms with van der Waals surface area (Å²) in [6.07, 6.45) is 8.19. The molecule has 5 aliphatic carbocycles. The van der Waals surface area contributed by atoms with Crippen LogP contribution in [0.5, 0.6) is 0 Å². The lowest BCUT2D eigenvalue weighted by molar-refractivity contribution is 0.0653. The van der Waals surface area contributed by atoms with Crippen molar-refractivity contribution in [3.8, 4) is 0 Å². The lowest BCUT2D eigenvalue weighted by Gasteiger charge is -2.50. The second-order valence-corrected chi connectivity index (χ2v) is 6.81. The first-order valence-electron chi connectivity index (χ1n) is 7.70. The summed E-state index contributed by atoms with van der Waals surface area (Å²) in [7, 11) is 1.91. The summed E-state index contributed by atoms with van der Waals surface area (Å²) in [6, 6.07) is 9.23. The van der Waals surface area contributed by atoms with Crippen LogP contribution in [0.1, 0.15) is 35.8 Å². The zero-order valence-corrected chi connectivity index (χ0v) is 11.3. The minimum atomic E-state index is 0.465. The molecule has 1 unspecified atom stereocenters. The molecule has 0 saturated heterocycles. The van der Waals surface area contributed by atoms with Crippen molar-refractivity contribution < 1.29 is 4.74 Å². The van der Waals surface area contributed by atoms with Gasteiger partial charge in [0.15, 0.2) is 0 Å². The van der Waals surface area contributed by atoms with Crippen molar-refractivity contribution in [2.24, 2.45) is 23.7 Å². The number of methoxy groups -OCH3 is 1. The van der Waals surface area contributed by atoms with Gasteiger partial charge in [0.05, 0.1) is 6.10 Å². The smallest absolute Gasteiger partial charge is 0.0702 e. The Morgan fingerprint density at radius 2 is 1.42 bits per heavy atom. The maximum Gasteiger partial charge on any atom is 0.0702 e. The van der Waals surface area contributed by atoms with E-state index in [0.717, 1.165) is 23.7 Å². The van der Waals surface area contributed by atoms with Crippen molar-refractivity contribution in [2.75, 3.05) is 7.11 Å². The van der Waals surface area contributed by atoms with E-state index in [9.17, 15) is 0 Å². The summed E-state index contributed by atoms with van der Waals surface area (Å²) in [6.45, 7) is 0. The highest BCUT2D eigenvalue weighted by molar-refractivity contribution is 5.43. The molecule has 1 nitrogen and oxygen atoms in total. The predicted molar refractivity (Wildman–Crippen MR) is 75.1 cm³/mol. The standard InChI is InChI=1S/C18H20O/c1-19-18-14-8-9-15(18)17-13-7-6-12(16(14)17)10-4-2-3-5-11(10)13/h2-5,8-9,12-18H,6-7H2,1H3/t12-,13-,14-,15+,16-,17-,18?/m1/s1. The Hall–Kier alpha value is -1.08. The van der Waals surface area contributed by atoms with Crippen LogP contribution in [0.2, 0.25) is 0 Å². The maximum absolute atomic E-state index is 5.85. The Labute approximate surface area is 114 Å². The molecule has 0 heterocycles. The first-order chi connectivity index (χ1) is 9.40. The molecule has 4 bridgehead atoms. The molecule has 0 aromatic heterocycles. The minimum Gasteiger partial charge on any atom is -0.380 e. The van der Waals surface area contributed by atoms with Crippen LogP contribution in [-0.2, 0) is 4.74 Å². The lowest BCUT2D eigenvalue weighted by atomic mass is 9.54. The average Bonchev–Trinajstić information content (AvgIpc) is 3.04. The van der Waals surface area contributed by atoms with Crippen molar-refractivity contribution in [1.29, 1.82) is 0 Å². The number of hydrogen-bond acceptors (Lipinski definition) is 1. The molecule has 0 N–H and O–H groups in total. The molecule has 2 saturated carbocycles. The number of ether oxygens (including phenoxy) is 1. The molecule has 0 spiro atoms. The van der Waals surface area contributed by atoms with E-state index in [1.54, 1.807) is 11.1 Å². The molecule has 0 radical (unpaired) electrons. The van der Waals surface area contributed by atoms with Crippen LogP contribution < -0.4 is 0 Å². The summed E-state index contributed by atoms with van der Waals surface area (Å²) in [5.41, 5.74) is 3.33. The normalized spacial score (nSPS) is 48.4. The molecule has 1 aromatic carbocycles. The van der Waals surface area contributed by atoms with Gasteiger partial charge in [-0.15, -0.1) is 0 Å². The molecule has 6 rings (SSSR count). The largest absolute Gasteiger partial charge is 0.380 e. The highest BCUT2D eigenvalue weighted by Crippen LogP contribution is 2.67. The molecule has 0 amide bonds. The molecule has 5 aliphatic rings. The highest BCUT2D eigenvalue weighted by Gasteiger charge is 2.61. The fraction of sp³-hybridized carbons (Fsp3) is 0.556. The van der Waals surface area contributed by atoms with Gasteiger partial charge in [-0.1, -0.05) is 36.4 Å². The fourth-order valence-corrected chi connectivity index (χ4v) is 5.98. The Balaban J connectivity index is 1.68. The molecule has 19 heavy (non-hydrogen) atoms. The zero-order valence-electron chi connectivity index (χ0n) is 11.3. The van der Waals surface area contributed by atoms with Crippen molar-refractivity contribution in [3.63, 3.8) is 0 Å². The van der Waals surface area contributed by atoms with Gasteiger partial charge in [0.1, 0.15) is 0 Å². The van der Waals surface area contributed by atoms with Crippen LogP contribution in [0.15, 0.2) is 36.4 Å². The number of fused-ring (bicyclic) bond motifs is 3. The Morgan fingerprint density at radius 3 is 1.89 bits per heavy atom. The molecular weight excluding hydrogens is 232 g/mol. The quantitative estimate of drug-likeness (QED) is 0.692. The van der Waals surface area contributed by atoms with Crippen molar-refractivity contribution >= 4 is 0 Å². The van der Waals surface area contributed by atoms with Gasteiger partial charge in [0.2, 0.25) is 0 Å². The molecule has 1 aromatic rings. The first kappa shape index (κ1) is 10.7. The van der Waals surface area contributed by atoms with Gasteiger partial charge in [0, 0.05) is 18.9 Å². The SMILES string of the molecule is COC1[C@H]2C=C[C@@H]1[C@@H]1[C@@H]2[C@@H]2CC[C@@H]1c1ccccc12. The van der Waals surface area contributed by atoms with Gasteiger partial charge in [-0.25, -0.2) is 0 Å². The van der Waals surface area contributed by atoms with Crippen LogP contribution in [0.3, 0.4) is 0 Å². The van der Waals surface area contributed by atoms with Gasteiger partial charge < -0.3 is 4.74 Å². The monoisotopic (exact) mass is 252 g/mol. The topological polar surface area (TPSA) is 9.23 Å². The Morgan fingerprint density at radius 1 is 0.895 bits per heavy atom. The Bertz CT molecular complexity index is 514. The van der Waals surface area contributed by atoms with E-state index in [1.807, 2.05) is 7.11 Å². The van der Waals surface area contributed by atoms with Crippen molar-refractivity contribution in [1.82, 2.24) is 0 Å². The van der Waals surface area contributed by atoms with Gasteiger partial charge in [-0.2, -0.15) is 0 Å². The molecule has 98 valence electrons. The van der Waals surface area contributed by atoms with Crippen LogP contribution >= 0.6 is 0 Å². The van der Waals surface area contributed by atoms with Crippen molar-refractivity contribution in [3.05, 3.63) is 47.5 Å². The van der Waals surface area contributed by atoms with E-state index in [4.69, 9.17) is 4.74 Å². The highest BCUT2D eigenvalue weighted by atomic mass is 16.5. The predicted octanol–water partition coefficient (Wildman–Crippen LogP) is 3.72. The Kier molecular flexibility index (Phi) is 1.98. The second kappa shape index (κ2) is 3.52. The summed E-state index contributed by atoms with van der Waals surface area (Å²) in [4.78, 5) is 0. The fourth-order valence-electron chi connectivity index (χ4n) is 5.98. The summed E-state index contributed by atoms with van der Waals surface area (Å²) in [5.74, 6) is 4.66. The third-order valence-corrected chi connectivity index (χ3v) is 6.43. The molecule has 7 atom stereocenters. The summed E-state index contributed by atoms with van der Waals surface area (Å²) < 4.78 is 5.85. The first-order valence-corrected chi connectivity index (χ1v) is 7.70. The molecule has 2 fully saturated rings. The van der Waals surface area contributed by atoms with Gasteiger partial charge in [-0.3, -0.25) is 0 Å². The molecule has 0 aliphatic heterocycles. The summed E-state index contributed by atoms with van der Waals surface area (Å²) >= 11 is 0. The van der Waals surface area contributed by atoms with Crippen LogP contribution in [0, 0.1) is 23.7 Å². The van der Waals surface area contributed by atoms with E-state index in [2.05, 4.69) is 36.4 Å². The molecule has 1 heteroatoms. The average molecular weight is 252 g/mol. The summed E-state index contributed by atoms with van der Waals surface area (Å²) in [5, 5.41) is 0. The van der Waals surface area contributed by atoms with E-state index in [0.29, 0.717) is 17.9 Å². The zero-order chi connectivity index (χ0) is 12.6. The van der Waals surface area contributed by atoms with Gasteiger partial charge in [0.25, 0.3) is 0 Å². The van der Waals surface area contributed by atoms with E-state index >= 15 is 0 Å². The lowest BCUT2D eigenvalue weighted by Crippen LogP contribution is -2.40. The van der Waals surface area contributed by atoms with E-state index < -0.39 is 0 Å². The second-order valence-electron chi connectivity index (χ2n) is 6.81. The number of hydrogen-bond donors (Lipinski definition) is 0. The van der Waals surface area contributed by atoms with Crippen LogP contribution in [0.25, 0.3) is 0 Å². The third kappa shape index (κ3) is 1.12. The van der Waals surface area contributed by atoms with E-state index in [1.165, 1.54) is 12.8 Å².